The molecule has 0 spiro atoms. The molecule has 4 heteroatoms. The molecule has 1 aromatic carbocycles. The van der Waals surface area contributed by atoms with E-state index in [1.165, 1.54) is 4.90 Å². The van der Waals surface area contributed by atoms with Crippen LogP contribution < -0.4 is 4.90 Å². The fraction of sp³-hybridized carbons (Fsp3) is 0.222. The summed E-state index contributed by atoms with van der Waals surface area (Å²) in [6.07, 6.45) is 0. The number of rotatable bonds is 1. The molecule has 0 radical (unpaired) electrons. The van der Waals surface area contributed by atoms with E-state index in [9.17, 15) is 4.79 Å². The van der Waals surface area contributed by atoms with Gasteiger partial charge in [-0.1, -0.05) is 36.4 Å². The molecule has 0 aliphatic rings. The second-order valence-electron chi connectivity index (χ2n) is 2.75. The van der Waals surface area contributed by atoms with Crippen LogP contribution in [0.5, 0.6) is 0 Å². The number of aryl methyl sites for hydroxylation is 1. The van der Waals surface area contributed by atoms with Gasteiger partial charge < -0.3 is 4.90 Å². The van der Waals surface area contributed by atoms with Crippen molar-refractivity contribution >= 4 is 35.2 Å². The zero-order valence-electron chi connectivity index (χ0n) is 7.41. The van der Waals surface area contributed by atoms with Gasteiger partial charge in [0.05, 0.1) is 10.7 Å². The van der Waals surface area contributed by atoms with Gasteiger partial charge in [-0.2, -0.15) is 0 Å². The van der Waals surface area contributed by atoms with Crippen molar-refractivity contribution in [3.05, 3.63) is 28.8 Å². The highest BCUT2D eigenvalue weighted by Gasteiger charge is 2.12. The molecule has 0 unspecified atom stereocenters. The summed E-state index contributed by atoms with van der Waals surface area (Å²) in [7, 11) is 1.64. The molecule has 1 aromatic rings. The fourth-order valence-electron chi connectivity index (χ4n) is 1.14. The van der Waals surface area contributed by atoms with Gasteiger partial charge in [0.15, 0.2) is 0 Å². The largest absolute Gasteiger partial charge is 0.305 e. The van der Waals surface area contributed by atoms with E-state index >= 15 is 0 Å². The Bertz CT molecular complexity index is 320. The molecule has 13 heavy (non-hydrogen) atoms. The molecule has 70 valence electrons. The average molecular weight is 216 g/mol. The number of thiol groups is 1. The lowest BCUT2D eigenvalue weighted by Gasteiger charge is -2.18. The number of nitrogens with zero attached hydrogens (tertiary/aromatic N) is 1. The summed E-state index contributed by atoms with van der Waals surface area (Å²) in [5, 5.41) is 0.237. The van der Waals surface area contributed by atoms with Crippen molar-refractivity contribution in [2.75, 3.05) is 11.9 Å². The molecule has 0 fully saturated rings. The van der Waals surface area contributed by atoms with Crippen molar-refractivity contribution in [1.29, 1.82) is 0 Å². The molecule has 0 saturated heterocycles. The standard InChI is InChI=1S/C9H10ClNOS/c1-6-4-3-5-7(10)8(6)11(2)9(12)13/h3-5H,1-2H3,(H,12,13). The second kappa shape index (κ2) is 4.03. The minimum absolute atomic E-state index is 0.323. The number of anilines is 1. The van der Waals surface area contributed by atoms with E-state index < -0.39 is 0 Å². The maximum absolute atomic E-state index is 11.0. The quantitative estimate of drug-likeness (QED) is 0.714. The van der Waals surface area contributed by atoms with E-state index in [2.05, 4.69) is 12.6 Å². The Morgan fingerprint density at radius 1 is 1.54 bits per heavy atom. The van der Waals surface area contributed by atoms with Crippen LogP contribution in [0.4, 0.5) is 10.5 Å². The third-order valence-electron chi connectivity index (χ3n) is 1.81. The maximum atomic E-state index is 11.0. The molecule has 0 N–H and O–H groups in total. The molecule has 0 aliphatic heterocycles. The first-order valence-corrected chi connectivity index (χ1v) is 4.58. The van der Waals surface area contributed by atoms with E-state index in [1.54, 1.807) is 13.1 Å². The molecule has 0 aromatic heterocycles. The summed E-state index contributed by atoms with van der Waals surface area (Å²) < 4.78 is 0. The molecule has 1 amide bonds. The fourth-order valence-corrected chi connectivity index (χ4v) is 1.59. The van der Waals surface area contributed by atoms with Crippen LogP contribution in [0.25, 0.3) is 0 Å². The topological polar surface area (TPSA) is 20.3 Å². The van der Waals surface area contributed by atoms with Crippen molar-refractivity contribution in [1.82, 2.24) is 0 Å². The zero-order valence-corrected chi connectivity index (χ0v) is 9.06. The summed E-state index contributed by atoms with van der Waals surface area (Å²) in [6, 6.07) is 5.49. The number of carbonyl (C=O) groups excluding carboxylic acids is 1. The number of para-hydroxylation sites is 1. The van der Waals surface area contributed by atoms with E-state index in [4.69, 9.17) is 11.6 Å². The Kier molecular flexibility index (Phi) is 3.22. The first-order valence-electron chi connectivity index (χ1n) is 3.76. The zero-order chi connectivity index (χ0) is 10.0. The van der Waals surface area contributed by atoms with Gasteiger partial charge in [-0.25, -0.2) is 0 Å². The van der Waals surface area contributed by atoms with Crippen LogP contribution in [0.2, 0.25) is 5.02 Å². The van der Waals surface area contributed by atoms with Gasteiger partial charge >= 0.3 is 0 Å². The van der Waals surface area contributed by atoms with Crippen molar-refractivity contribution < 1.29 is 4.79 Å². The first kappa shape index (κ1) is 10.4. The lowest BCUT2D eigenvalue weighted by atomic mass is 10.2. The average Bonchev–Trinajstić information content (AvgIpc) is 2.03. The minimum atomic E-state index is -0.323. The summed E-state index contributed by atoms with van der Waals surface area (Å²) in [6.45, 7) is 1.90. The first-order chi connectivity index (χ1) is 6.04. The van der Waals surface area contributed by atoms with Crippen LogP contribution in [0, 0.1) is 6.92 Å². The van der Waals surface area contributed by atoms with Gasteiger partial charge in [0.1, 0.15) is 0 Å². The summed E-state index contributed by atoms with van der Waals surface area (Å²) in [5.41, 5.74) is 1.67. The molecule has 0 saturated carbocycles. The molecule has 0 bridgehead atoms. The highest BCUT2D eigenvalue weighted by Crippen LogP contribution is 2.28. The molecule has 2 nitrogen and oxygen atoms in total. The highest BCUT2D eigenvalue weighted by molar-refractivity contribution is 7.96. The second-order valence-corrected chi connectivity index (χ2v) is 3.54. The van der Waals surface area contributed by atoms with Gasteiger partial charge in [0, 0.05) is 7.05 Å². The predicted octanol–water partition coefficient (Wildman–Crippen LogP) is 3.13. The summed E-state index contributed by atoms with van der Waals surface area (Å²) >= 11 is 9.67. The van der Waals surface area contributed by atoms with Gasteiger partial charge in [0.25, 0.3) is 5.24 Å². The normalized spacial score (nSPS) is 9.85. The maximum Gasteiger partial charge on any atom is 0.282 e. The Hall–Kier alpha value is -0.670. The van der Waals surface area contributed by atoms with E-state index in [0.717, 1.165) is 5.56 Å². The third-order valence-corrected chi connectivity index (χ3v) is 2.42. The van der Waals surface area contributed by atoms with Crippen molar-refractivity contribution in [3.63, 3.8) is 0 Å². The number of benzene rings is 1. The SMILES string of the molecule is Cc1cccc(Cl)c1N(C)C(=O)S. The monoisotopic (exact) mass is 215 g/mol. The van der Waals surface area contributed by atoms with Gasteiger partial charge in [-0.05, 0) is 18.6 Å². The van der Waals surface area contributed by atoms with Crippen molar-refractivity contribution in [2.24, 2.45) is 0 Å². The van der Waals surface area contributed by atoms with Crippen LogP contribution in [0.15, 0.2) is 18.2 Å². The third kappa shape index (κ3) is 2.17. The Labute approximate surface area is 87.9 Å². The van der Waals surface area contributed by atoms with Gasteiger partial charge in [-0.3, -0.25) is 4.79 Å². The molecular formula is C9H10ClNOS. The number of hydrogen-bond donors (Lipinski definition) is 1. The molecule has 0 aliphatic carbocycles. The van der Waals surface area contributed by atoms with Crippen LogP contribution in [-0.4, -0.2) is 12.3 Å². The van der Waals surface area contributed by atoms with Crippen LogP contribution in [-0.2, 0) is 0 Å². The Balaban J connectivity index is 3.20. The van der Waals surface area contributed by atoms with Gasteiger partial charge in [-0.15, -0.1) is 0 Å². The molecule has 0 atom stereocenters. The molecule has 0 heterocycles. The van der Waals surface area contributed by atoms with Crippen LogP contribution >= 0.6 is 24.2 Å². The highest BCUT2D eigenvalue weighted by atomic mass is 35.5. The van der Waals surface area contributed by atoms with Crippen molar-refractivity contribution in [3.8, 4) is 0 Å². The lowest BCUT2D eigenvalue weighted by molar-refractivity contribution is 0.266. The van der Waals surface area contributed by atoms with Crippen molar-refractivity contribution in [2.45, 2.75) is 6.92 Å². The van der Waals surface area contributed by atoms with Crippen LogP contribution in [0.1, 0.15) is 5.56 Å². The van der Waals surface area contributed by atoms with E-state index in [0.29, 0.717) is 10.7 Å². The smallest absolute Gasteiger partial charge is 0.282 e. The summed E-state index contributed by atoms with van der Waals surface area (Å²) in [4.78, 5) is 12.4. The minimum Gasteiger partial charge on any atom is -0.305 e. The molecule has 1 rings (SSSR count). The van der Waals surface area contributed by atoms with Gasteiger partial charge in [0.2, 0.25) is 0 Å². The Morgan fingerprint density at radius 3 is 2.62 bits per heavy atom. The molecular weight excluding hydrogens is 206 g/mol. The Morgan fingerprint density at radius 2 is 2.15 bits per heavy atom. The van der Waals surface area contributed by atoms with E-state index in [-0.39, 0.29) is 5.24 Å². The predicted molar refractivity (Wildman–Crippen MR) is 59.0 cm³/mol. The van der Waals surface area contributed by atoms with Crippen LogP contribution in [0.3, 0.4) is 0 Å². The number of hydrogen-bond acceptors (Lipinski definition) is 1. The number of halogens is 1. The number of carbonyl (C=O) groups is 1. The van der Waals surface area contributed by atoms with E-state index in [1.807, 2.05) is 19.1 Å². The lowest BCUT2D eigenvalue weighted by Crippen LogP contribution is -2.20. The summed E-state index contributed by atoms with van der Waals surface area (Å²) in [5.74, 6) is 0. The number of amides is 1.